The maximum atomic E-state index is 12.3. The van der Waals surface area contributed by atoms with Crippen molar-refractivity contribution in [2.24, 2.45) is 0 Å². The number of amides is 2. The summed E-state index contributed by atoms with van der Waals surface area (Å²) in [5.74, 6) is -0.333. The lowest BCUT2D eigenvalue weighted by Gasteiger charge is -2.20. The molecule has 6 heteroatoms. The lowest BCUT2D eigenvalue weighted by Crippen LogP contribution is -2.30. The molecule has 2 N–H and O–H groups in total. The maximum Gasteiger partial charge on any atom is 0.253 e. The summed E-state index contributed by atoms with van der Waals surface area (Å²) >= 11 is 1.46. The Morgan fingerprint density at radius 2 is 1.95 bits per heavy atom. The number of carbonyl (C=O) groups excluding carboxylic acids is 2. The molecule has 0 aliphatic carbocycles. The summed E-state index contributed by atoms with van der Waals surface area (Å²) < 4.78 is 0. The van der Waals surface area contributed by atoms with E-state index in [0.29, 0.717) is 11.3 Å². The van der Waals surface area contributed by atoms with Gasteiger partial charge in [-0.1, -0.05) is 6.07 Å². The van der Waals surface area contributed by atoms with E-state index in [-0.39, 0.29) is 18.4 Å². The molecule has 0 aliphatic rings. The first-order valence-corrected chi connectivity index (χ1v) is 7.70. The highest BCUT2D eigenvalue weighted by Gasteiger charge is 2.17. The molecule has 0 fully saturated rings. The molecule has 0 saturated carbocycles. The molecule has 2 aromatic rings. The summed E-state index contributed by atoms with van der Waals surface area (Å²) in [7, 11) is 1.65. The van der Waals surface area contributed by atoms with E-state index in [1.165, 1.54) is 23.2 Å². The van der Waals surface area contributed by atoms with Crippen molar-refractivity contribution in [3.05, 3.63) is 52.2 Å². The number of likely N-dealkylation sites (N-methyl/N-ethyl adjacent to an activating group) is 1. The second kappa shape index (κ2) is 7.20. The molecule has 1 atom stereocenters. The zero-order valence-electron chi connectivity index (χ0n) is 12.4. The number of rotatable bonds is 5. The van der Waals surface area contributed by atoms with Crippen molar-refractivity contribution in [1.29, 1.82) is 0 Å². The van der Waals surface area contributed by atoms with Crippen LogP contribution in [0, 0.1) is 0 Å². The third kappa shape index (κ3) is 4.16. The molecule has 0 bridgehead atoms. The smallest absolute Gasteiger partial charge is 0.253 e. The Kier molecular flexibility index (Phi) is 5.30. The third-order valence-corrected chi connectivity index (χ3v) is 4.09. The summed E-state index contributed by atoms with van der Waals surface area (Å²) in [5.41, 5.74) is 1.15. The number of hydrogen-bond donors (Lipinski definition) is 2. The first kappa shape index (κ1) is 16.2. The number of anilines is 1. The number of aliphatic hydroxyl groups is 1. The number of aliphatic hydroxyl groups excluding tert-OH is 1. The van der Waals surface area contributed by atoms with Crippen LogP contribution in [0.15, 0.2) is 41.8 Å². The van der Waals surface area contributed by atoms with E-state index in [0.717, 1.165) is 4.88 Å². The minimum atomic E-state index is -0.687. The van der Waals surface area contributed by atoms with Crippen LogP contribution < -0.4 is 5.32 Å². The van der Waals surface area contributed by atoms with Crippen LogP contribution in [-0.2, 0) is 4.79 Å². The maximum absolute atomic E-state index is 12.3. The Morgan fingerprint density at radius 3 is 2.50 bits per heavy atom. The van der Waals surface area contributed by atoms with Crippen LogP contribution >= 0.6 is 11.3 Å². The standard InChI is InChI=1S/C16H18N2O3S/c1-11(19)17-13-7-5-12(6-8-13)16(21)18(2)10-14(20)15-4-3-9-22-15/h3-9,14,20H,10H2,1-2H3,(H,17,19). The summed E-state index contributed by atoms with van der Waals surface area (Å²) in [5, 5.41) is 14.6. The molecule has 1 unspecified atom stereocenters. The predicted molar refractivity (Wildman–Crippen MR) is 87.0 cm³/mol. The van der Waals surface area contributed by atoms with Crippen molar-refractivity contribution in [1.82, 2.24) is 4.90 Å². The zero-order valence-corrected chi connectivity index (χ0v) is 13.3. The van der Waals surface area contributed by atoms with E-state index < -0.39 is 6.10 Å². The van der Waals surface area contributed by atoms with Gasteiger partial charge in [0.2, 0.25) is 5.91 Å². The summed E-state index contributed by atoms with van der Waals surface area (Å²) in [6, 6.07) is 10.4. The van der Waals surface area contributed by atoms with Crippen molar-refractivity contribution in [3.8, 4) is 0 Å². The van der Waals surface area contributed by atoms with Gasteiger partial charge in [0, 0.05) is 30.1 Å². The van der Waals surface area contributed by atoms with Gasteiger partial charge in [0.05, 0.1) is 6.54 Å². The van der Waals surface area contributed by atoms with Gasteiger partial charge in [0.1, 0.15) is 6.10 Å². The fourth-order valence-electron chi connectivity index (χ4n) is 2.03. The first-order chi connectivity index (χ1) is 10.5. The van der Waals surface area contributed by atoms with Crippen LogP contribution in [-0.4, -0.2) is 35.4 Å². The molecule has 1 aromatic heterocycles. The molecule has 1 heterocycles. The minimum absolute atomic E-state index is 0.157. The van der Waals surface area contributed by atoms with Crippen molar-refractivity contribution in [3.63, 3.8) is 0 Å². The molecule has 116 valence electrons. The fraction of sp³-hybridized carbons (Fsp3) is 0.250. The van der Waals surface area contributed by atoms with Crippen molar-refractivity contribution in [2.45, 2.75) is 13.0 Å². The number of benzene rings is 1. The highest BCUT2D eigenvalue weighted by molar-refractivity contribution is 7.10. The molecule has 5 nitrogen and oxygen atoms in total. The van der Waals surface area contributed by atoms with Gasteiger partial charge in [0.25, 0.3) is 5.91 Å². The van der Waals surface area contributed by atoms with Gasteiger partial charge in [-0.2, -0.15) is 0 Å². The Balaban J connectivity index is 1.99. The van der Waals surface area contributed by atoms with E-state index in [1.807, 2.05) is 17.5 Å². The van der Waals surface area contributed by atoms with Gasteiger partial charge < -0.3 is 15.3 Å². The highest BCUT2D eigenvalue weighted by atomic mass is 32.1. The monoisotopic (exact) mass is 318 g/mol. The first-order valence-electron chi connectivity index (χ1n) is 6.82. The number of hydrogen-bond acceptors (Lipinski definition) is 4. The van der Waals surface area contributed by atoms with Gasteiger partial charge >= 0.3 is 0 Å². The largest absolute Gasteiger partial charge is 0.386 e. The van der Waals surface area contributed by atoms with E-state index >= 15 is 0 Å². The third-order valence-electron chi connectivity index (χ3n) is 3.12. The summed E-state index contributed by atoms with van der Waals surface area (Å²) in [6.45, 7) is 1.66. The molecular weight excluding hydrogens is 300 g/mol. The quantitative estimate of drug-likeness (QED) is 0.890. The molecule has 2 amide bonds. The van der Waals surface area contributed by atoms with Crippen LogP contribution in [0.2, 0.25) is 0 Å². The van der Waals surface area contributed by atoms with Crippen LogP contribution in [0.4, 0.5) is 5.69 Å². The van der Waals surface area contributed by atoms with Gasteiger partial charge in [-0.3, -0.25) is 9.59 Å². The van der Waals surface area contributed by atoms with Crippen LogP contribution in [0.25, 0.3) is 0 Å². The molecule has 0 spiro atoms. The minimum Gasteiger partial charge on any atom is -0.386 e. The van der Waals surface area contributed by atoms with E-state index in [4.69, 9.17) is 0 Å². The Morgan fingerprint density at radius 1 is 1.27 bits per heavy atom. The zero-order chi connectivity index (χ0) is 16.1. The van der Waals surface area contributed by atoms with Crippen LogP contribution in [0.1, 0.15) is 28.3 Å². The Bertz CT molecular complexity index is 638. The van der Waals surface area contributed by atoms with Crippen molar-refractivity contribution in [2.75, 3.05) is 18.9 Å². The Hall–Kier alpha value is -2.18. The van der Waals surface area contributed by atoms with Gasteiger partial charge in [-0.25, -0.2) is 0 Å². The van der Waals surface area contributed by atoms with Crippen LogP contribution in [0.3, 0.4) is 0 Å². The second-order valence-electron chi connectivity index (χ2n) is 4.98. The predicted octanol–water partition coefficient (Wildman–Crippen LogP) is 2.51. The van der Waals surface area contributed by atoms with Gasteiger partial charge in [-0.05, 0) is 35.7 Å². The summed E-state index contributed by atoms with van der Waals surface area (Å²) in [4.78, 5) is 25.6. The highest BCUT2D eigenvalue weighted by Crippen LogP contribution is 2.20. The molecular formula is C16H18N2O3S. The number of nitrogens with one attached hydrogen (secondary N) is 1. The normalized spacial score (nSPS) is 11.8. The number of carbonyl (C=O) groups is 2. The van der Waals surface area contributed by atoms with Gasteiger partial charge in [-0.15, -0.1) is 11.3 Å². The molecule has 0 aliphatic heterocycles. The molecule has 2 rings (SSSR count). The lowest BCUT2D eigenvalue weighted by atomic mass is 10.1. The van der Waals surface area contributed by atoms with E-state index in [2.05, 4.69) is 5.32 Å². The Labute approximate surface area is 133 Å². The van der Waals surface area contributed by atoms with Crippen LogP contribution in [0.5, 0.6) is 0 Å². The molecule has 0 radical (unpaired) electrons. The molecule has 0 saturated heterocycles. The molecule has 1 aromatic carbocycles. The summed E-state index contributed by atoms with van der Waals surface area (Å²) in [6.07, 6.45) is -0.687. The SMILES string of the molecule is CC(=O)Nc1ccc(C(=O)N(C)CC(O)c2cccs2)cc1. The topological polar surface area (TPSA) is 69.6 Å². The van der Waals surface area contributed by atoms with Crippen molar-refractivity contribution < 1.29 is 14.7 Å². The van der Waals surface area contributed by atoms with E-state index in [9.17, 15) is 14.7 Å². The molecule has 22 heavy (non-hydrogen) atoms. The van der Waals surface area contributed by atoms with Crippen molar-refractivity contribution >= 4 is 28.8 Å². The number of thiophene rings is 1. The van der Waals surface area contributed by atoms with Gasteiger partial charge in [0.15, 0.2) is 0 Å². The second-order valence-corrected chi connectivity index (χ2v) is 5.95. The fourth-order valence-corrected chi connectivity index (χ4v) is 2.74. The average molecular weight is 318 g/mol. The van der Waals surface area contributed by atoms with E-state index in [1.54, 1.807) is 31.3 Å². The number of nitrogens with zero attached hydrogens (tertiary/aromatic N) is 1. The lowest BCUT2D eigenvalue weighted by molar-refractivity contribution is -0.114. The average Bonchev–Trinajstić information content (AvgIpc) is 3.01.